The smallest absolute Gasteiger partial charge is 0.191 e. The Labute approximate surface area is 207 Å². The molecule has 0 saturated heterocycles. The first-order chi connectivity index (χ1) is 16.0. The largest absolute Gasteiger partial charge is 0.497 e. The van der Waals surface area contributed by atoms with E-state index in [1.807, 2.05) is 42.5 Å². The lowest BCUT2D eigenvalue weighted by Crippen LogP contribution is -2.41. The second-order valence-electron chi connectivity index (χ2n) is 10.5. The molecule has 0 amide bonds. The van der Waals surface area contributed by atoms with Crippen molar-refractivity contribution in [1.29, 1.82) is 0 Å². The molecule has 0 aromatic heterocycles. The number of hydrogen-bond acceptors (Lipinski definition) is 5. The standard InChI is InChI=1S/C28H43NO4Si/c1-22(30)20-26(29-24-15-17-25(31-5)18-16-24)27(32-21-23-12-9-8-10-13-23)14-11-19-33-34(6,7)28(2,3)4/h8-10,12-13,15-18,26-27,29H,11,14,19-21H2,1-7H3/t26?,27-/m1/s1. The summed E-state index contributed by atoms with van der Waals surface area (Å²) in [6.07, 6.45) is 1.95. The highest BCUT2D eigenvalue weighted by atomic mass is 28.4. The third-order valence-electron chi connectivity index (χ3n) is 6.61. The summed E-state index contributed by atoms with van der Waals surface area (Å²) in [4.78, 5) is 12.2. The van der Waals surface area contributed by atoms with Gasteiger partial charge in [0.25, 0.3) is 0 Å². The summed E-state index contributed by atoms with van der Waals surface area (Å²) >= 11 is 0. The second-order valence-corrected chi connectivity index (χ2v) is 15.3. The van der Waals surface area contributed by atoms with Gasteiger partial charge in [0, 0.05) is 18.7 Å². The van der Waals surface area contributed by atoms with Gasteiger partial charge in [-0.3, -0.25) is 4.79 Å². The molecule has 0 heterocycles. The van der Waals surface area contributed by atoms with E-state index in [0.29, 0.717) is 19.6 Å². The molecule has 0 saturated carbocycles. The van der Waals surface area contributed by atoms with Crippen molar-refractivity contribution >= 4 is 19.8 Å². The molecule has 2 aromatic carbocycles. The lowest BCUT2D eigenvalue weighted by molar-refractivity contribution is -0.118. The second kappa shape index (κ2) is 13.1. The van der Waals surface area contributed by atoms with Gasteiger partial charge in [0.2, 0.25) is 0 Å². The van der Waals surface area contributed by atoms with Crippen molar-refractivity contribution in [2.75, 3.05) is 19.0 Å². The Hall–Kier alpha value is -2.15. The van der Waals surface area contributed by atoms with E-state index >= 15 is 0 Å². The van der Waals surface area contributed by atoms with Crippen molar-refractivity contribution < 1.29 is 18.7 Å². The maximum atomic E-state index is 12.2. The number of rotatable bonds is 14. The van der Waals surface area contributed by atoms with E-state index in [9.17, 15) is 4.79 Å². The SMILES string of the molecule is COc1ccc(NC(CC(C)=O)[C@@H](CCCO[Si](C)(C)C(C)(C)C)OCc2ccccc2)cc1. The Morgan fingerprint density at radius 3 is 2.24 bits per heavy atom. The van der Waals surface area contributed by atoms with Gasteiger partial charge in [0.15, 0.2) is 8.32 Å². The molecule has 2 atom stereocenters. The van der Waals surface area contributed by atoms with Crippen molar-refractivity contribution in [3.63, 3.8) is 0 Å². The lowest BCUT2D eigenvalue weighted by Gasteiger charge is -2.36. The number of Topliss-reactive ketones (excluding diaryl/α,β-unsaturated/α-hetero) is 1. The number of carbonyl (C=O) groups excluding carboxylic acids is 1. The third-order valence-corrected chi connectivity index (χ3v) is 11.1. The van der Waals surface area contributed by atoms with Gasteiger partial charge in [0.05, 0.1) is 25.9 Å². The van der Waals surface area contributed by atoms with Crippen LogP contribution < -0.4 is 10.1 Å². The molecular formula is C28H43NO4Si. The zero-order valence-electron chi connectivity index (χ0n) is 22.0. The summed E-state index contributed by atoms with van der Waals surface area (Å²) in [5.74, 6) is 0.935. The minimum absolute atomic E-state index is 0.130. The molecule has 0 fully saturated rings. The van der Waals surface area contributed by atoms with E-state index < -0.39 is 8.32 Å². The normalized spacial score (nSPS) is 13.9. The van der Waals surface area contributed by atoms with Gasteiger partial charge >= 0.3 is 0 Å². The monoisotopic (exact) mass is 485 g/mol. The predicted octanol–water partition coefficient (Wildman–Crippen LogP) is 6.84. The van der Waals surface area contributed by atoms with Crippen LogP contribution in [0.4, 0.5) is 5.69 Å². The van der Waals surface area contributed by atoms with Gasteiger partial charge < -0.3 is 19.2 Å². The van der Waals surface area contributed by atoms with Crippen LogP contribution in [0.2, 0.25) is 18.1 Å². The molecule has 0 aliphatic carbocycles. The molecule has 34 heavy (non-hydrogen) atoms. The molecule has 2 rings (SSSR count). The van der Waals surface area contributed by atoms with E-state index in [2.05, 4.69) is 51.3 Å². The van der Waals surface area contributed by atoms with Crippen LogP contribution in [0.25, 0.3) is 0 Å². The van der Waals surface area contributed by atoms with Crippen molar-refractivity contribution in [2.24, 2.45) is 0 Å². The van der Waals surface area contributed by atoms with Crippen molar-refractivity contribution in [2.45, 2.75) is 83.8 Å². The number of ether oxygens (including phenoxy) is 2. The van der Waals surface area contributed by atoms with E-state index in [1.54, 1.807) is 14.0 Å². The van der Waals surface area contributed by atoms with Crippen molar-refractivity contribution in [3.8, 4) is 5.75 Å². The molecule has 188 valence electrons. The summed E-state index contributed by atoms with van der Waals surface area (Å²) < 4.78 is 18.1. The quantitative estimate of drug-likeness (QED) is 0.234. The van der Waals surface area contributed by atoms with Crippen LogP contribution in [0.5, 0.6) is 5.75 Å². The van der Waals surface area contributed by atoms with Gasteiger partial charge in [-0.15, -0.1) is 0 Å². The van der Waals surface area contributed by atoms with Crippen LogP contribution in [-0.4, -0.2) is 40.0 Å². The molecule has 0 bridgehead atoms. The highest BCUT2D eigenvalue weighted by Crippen LogP contribution is 2.36. The van der Waals surface area contributed by atoms with Gasteiger partial charge in [-0.05, 0) is 67.7 Å². The minimum Gasteiger partial charge on any atom is -0.497 e. The fourth-order valence-corrected chi connectivity index (χ4v) is 4.58. The maximum Gasteiger partial charge on any atom is 0.191 e. The van der Waals surface area contributed by atoms with E-state index in [-0.39, 0.29) is 23.0 Å². The molecular weight excluding hydrogens is 442 g/mol. The summed E-state index contributed by atoms with van der Waals surface area (Å²) in [6, 6.07) is 17.8. The zero-order chi connectivity index (χ0) is 25.2. The highest BCUT2D eigenvalue weighted by Gasteiger charge is 2.37. The number of anilines is 1. The Morgan fingerprint density at radius 2 is 1.68 bits per heavy atom. The number of methoxy groups -OCH3 is 1. The topological polar surface area (TPSA) is 56.8 Å². The van der Waals surface area contributed by atoms with Gasteiger partial charge in [-0.25, -0.2) is 0 Å². The zero-order valence-corrected chi connectivity index (χ0v) is 23.0. The average Bonchev–Trinajstić information content (AvgIpc) is 2.78. The minimum atomic E-state index is -1.79. The number of benzene rings is 2. The van der Waals surface area contributed by atoms with Gasteiger partial charge in [0.1, 0.15) is 11.5 Å². The maximum absolute atomic E-state index is 12.2. The molecule has 5 nitrogen and oxygen atoms in total. The van der Waals surface area contributed by atoms with Gasteiger partial charge in [-0.1, -0.05) is 51.1 Å². The van der Waals surface area contributed by atoms with Crippen LogP contribution in [-0.2, 0) is 20.6 Å². The van der Waals surface area contributed by atoms with E-state index in [0.717, 1.165) is 29.8 Å². The molecule has 0 spiro atoms. The Morgan fingerprint density at radius 1 is 1.03 bits per heavy atom. The van der Waals surface area contributed by atoms with Crippen LogP contribution in [0, 0.1) is 0 Å². The molecule has 0 aliphatic rings. The Kier molecular flexibility index (Phi) is 10.8. The van der Waals surface area contributed by atoms with Crippen LogP contribution >= 0.6 is 0 Å². The summed E-state index contributed by atoms with van der Waals surface area (Å²) in [5.41, 5.74) is 2.06. The summed E-state index contributed by atoms with van der Waals surface area (Å²) in [6.45, 7) is 14.2. The van der Waals surface area contributed by atoms with Gasteiger partial charge in [-0.2, -0.15) is 0 Å². The van der Waals surface area contributed by atoms with Crippen LogP contribution in [0.15, 0.2) is 54.6 Å². The summed E-state index contributed by atoms with van der Waals surface area (Å²) in [7, 11) is -0.141. The first-order valence-electron chi connectivity index (χ1n) is 12.2. The summed E-state index contributed by atoms with van der Waals surface area (Å²) in [5, 5.41) is 3.73. The molecule has 1 N–H and O–H groups in total. The van der Waals surface area contributed by atoms with Crippen molar-refractivity contribution in [3.05, 3.63) is 60.2 Å². The Balaban J connectivity index is 2.12. The number of nitrogens with one attached hydrogen (secondary N) is 1. The Bertz CT molecular complexity index is 862. The van der Waals surface area contributed by atoms with E-state index in [4.69, 9.17) is 13.9 Å². The number of ketones is 1. The lowest BCUT2D eigenvalue weighted by atomic mass is 10.00. The number of hydrogen-bond donors (Lipinski definition) is 1. The first kappa shape index (κ1) is 28.1. The molecule has 1 unspecified atom stereocenters. The third kappa shape index (κ3) is 9.24. The first-order valence-corrected chi connectivity index (χ1v) is 15.1. The molecule has 0 radical (unpaired) electrons. The van der Waals surface area contributed by atoms with Crippen molar-refractivity contribution in [1.82, 2.24) is 0 Å². The average molecular weight is 486 g/mol. The molecule has 0 aliphatic heterocycles. The van der Waals surface area contributed by atoms with Crippen LogP contribution in [0.3, 0.4) is 0 Å². The predicted molar refractivity (Wildman–Crippen MR) is 143 cm³/mol. The highest BCUT2D eigenvalue weighted by molar-refractivity contribution is 6.74. The number of carbonyl (C=O) groups is 1. The molecule has 2 aromatic rings. The van der Waals surface area contributed by atoms with Crippen LogP contribution in [0.1, 0.15) is 52.5 Å². The fourth-order valence-electron chi connectivity index (χ4n) is 3.49. The fraction of sp³-hybridized carbons (Fsp3) is 0.536. The molecule has 6 heteroatoms. The van der Waals surface area contributed by atoms with E-state index in [1.165, 1.54) is 0 Å².